The summed E-state index contributed by atoms with van der Waals surface area (Å²) in [6.07, 6.45) is 42.6. The highest BCUT2D eigenvalue weighted by molar-refractivity contribution is 5.76. The second-order valence-electron chi connectivity index (χ2n) is 15.8. The summed E-state index contributed by atoms with van der Waals surface area (Å²) in [7, 11) is 0. The van der Waals surface area contributed by atoms with Crippen molar-refractivity contribution in [2.45, 2.75) is 224 Å². The van der Waals surface area contributed by atoms with Gasteiger partial charge < -0.3 is 40.3 Å². The Balaban J connectivity index is 2.37. The van der Waals surface area contributed by atoms with E-state index in [-0.39, 0.29) is 12.5 Å². The SMILES string of the molecule is CCCCCCC/C=C\C/C=C\C/C=C\CCCCCCCCC(=O)NC(COC1OC(CO)C(O)C(O)C1O)C(O)/C=C/CC/C=C/CCCCCCCCC. The van der Waals surface area contributed by atoms with E-state index in [1.54, 1.807) is 6.08 Å². The number of carbonyl (C=O) groups is 1. The Kier molecular flexibility index (Phi) is 35.4. The molecule has 7 unspecified atom stereocenters. The Morgan fingerprint density at radius 2 is 1.05 bits per heavy atom. The number of rotatable bonds is 37. The summed E-state index contributed by atoms with van der Waals surface area (Å²) in [5, 5.41) is 54.1. The molecule has 0 radical (unpaired) electrons. The molecule has 57 heavy (non-hydrogen) atoms. The molecule has 0 bridgehead atoms. The van der Waals surface area contributed by atoms with Crippen LogP contribution >= 0.6 is 0 Å². The summed E-state index contributed by atoms with van der Waals surface area (Å²) < 4.78 is 11.2. The number of amides is 1. The van der Waals surface area contributed by atoms with Crippen molar-refractivity contribution in [1.82, 2.24) is 5.32 Å². The molecule has 7 atom stereocenters. The van der Waals surface area contributed by atoms with Crippen molar-refractivity contribution < 1.29 is 39.8 Å². The molecule has 0 aromatic heterocycles. The fourth-order valence-electron chi connectivity index (χ4n) is 6.82. The van der Waals surface area contributed by atoms with Gasteiger partial charge in [-0.15, -0.1) is 0 Å². The first-order valence-electron chi connectivity index (χ1n) is 23.0. The number of hydrogen-bond donors (Lipinski definition) is 6. The lowest BCUT2D eigenvalue weighted by Gasteiger charge is -2.40. The van der Waals surface area contributed by atoms with Gasteiger partial charge in [0.1, 0.15) is 24.4 Å². The van der Waals surface area contributed by atoms with E-state index in [9.17, 15) is 30.3 Å². The van der Waals surface area contributed by atoms with Crippen LogP contribution in [0.5, 0.6) is 0 Å². The fraction of sp³-hybridized carbons (Fsp3) is 0.771. The fourth-order valence-corrected chi connectivity index (χ4v) is 6.82. The Labute approximate surface area is 347 Å². The van der Waals surface area contributed by atoms with E-state index in [0.717, 1.165) is 64.2 Å². The molecule has 1 amide bonds. The molecule has 0 aromatic carbocycles. The van der Waals surface area contributed by atoms with Crippen LogP contribution in [0.25, 0.3) is 0 Å². The van der Waals surface area contributed by atoms with Crippen molar-refractivity contribution in [3.63, 3.8) is 0 Å². The summed E-state index contributed by atoms with van der Waals surface area (Å²) in [5.74, 6) is -0.203. The van der Waals surface area contributed by atoms with Crippen LogP contribution < -0.4 is 5.32 Å². The van der Waals surface area contributed by atoms with Crippen molar-refractivity contribution in [2.24, 2.45) is 0 Å². The van der Waals surface area contributed by atoms with Crippen molar-refractivity contribution in [2.75, 3.05) is 13.2 Å². The molecule has 1 rings (SSSR count). The smallest absolute Gasteiger partial charge is 0.220 e. The molecular formula is C48H85NO8. The first-order valence-corrected chi connectivity index (χ1v) is 23.0. The largest absolute Gasteiger partial charge is 0.394 e. The Hall–Kier alpha value is -2.11. The number of ether oxygens (including phenoxy) is 2. The number of aliphatic hydroxyl groups excluding tert-OH is 5. The first-order chi connectivity index (χ1) is 27.8. The summed E-state index contributed by atoms with van der Waals surface area (Å²) in [5.41, 5.74) is 0. The molecule has 9 nitrogen and oxygen atoms in total. The van der Waals surface area contributed by atoms with Crippen LogP contribution in [-0.4, -0.2) is 87.5 Å². The number of hydrogen-bond acceptors (Lipinski definition) is 8. The van der Waals surface area contributed by atoms with Crippen LogP contribution in [0.4, 0.5) is 0 Å². The number of unbranched alkanes of at least 4 members (excludes halogenated alkanes) is 19. The molecule has 1 saturated heterocycles. The monoisotopic (exact) mass is 804 g/mol. The normalized spacial score (nSPS) is 21.6. The average molecular weight is 804 g/mol. The van der Waals surface area contributed by atoms with E-state index in [4.69, 9.17) is 9.47 Å². The molecule has 9 heteroatoms. The maximum Gasteiger partial charge on any atom is 0.220 e. The Bertz CT molecular complexity index is 1070. The van der Waals surface area contributed by atoms with Gasteiger partial charge in [0.15, 0.2) is 6.29 Å². The van der Waals surface area contributed by atoms with Crippen LogP contribution in [0.2, 0.25) is 0 Å². The first kappa shape index (κ1) is 52.9. The molecule has 1 fully saturated rings. The van der Waals surface area contributed by atoms with Gasteiger partial charge in [-0.1, -0.05) is 164 Å². The minimum Gasteiger partial charge on any atom is -0.394 e. The number of nitrogens with one attached hydrogen (secondary N) is 1. The van der Waals surface area contributed by atoms with Crippen molar-refractivity contribution in [3.05, 3.63) is 60.8 Å². The van der Waals surface area contributed by atoms with Gasteiger partial charge in [-0.25, -0.2) is 0 Å². The summed E-state index contributed by atoms with van der Waals surface area (Å²) in [4.78, 5) is 12.9. The van der Waals surface area contributed by atoms with Crippen LogP contribution in [0, 0.1) is 0 Å². The topological polar surface area (TPSA) is 149 Å². The van der Waals surface area contributed by atoms with E-state index < -0.39 is 49.5 Å². The highest BCUT2D eigenvalue weighted by Gasteiger charge is 2.44. The van der Waals surface area contributed by atoms with Crippen LogP contribution in [0.3, 0.4) is 0 Å². The second kappa shape index (κ2) is 38.1. The minimum atomic E-state index is -1.58. The van der Waals surface area contributed by atoms with Gasteiger partial charge in [0.25, 0.3) is 0 Å². The van der Waals surface area contributed by atoms with E-state index in [1.807, 2.05) is 6.08 Å². The van der Waals surface area contributed by atoms with Gasteiger partial charge in [-0.3, -0.25) is 4.79 Å². The summed E-state index contributed by atoms with van der Waals surface area (Å²) in [6.45, 7) is 3.71. The van der Waals surface area contributed by atoms with Crippen molar-refractivity contribution >= 4 is 5.91 Å². The van der Waals surface area contributed by atoms with Gasteiger partial charge in [0.2, 0.25) is 5.91 Å². The predicted octanol–water partition coefficient (Wildman–Crippen LogP) is 9.61. The highest BCUT2D eigenvalue weighted by atomic mass is 16.7. The molecule has 6 N–H and O–H groups in total. The average Bonchev–Trinajstić information content (AvgIpc) is 3.21. The van der Waals surface area contributed by atoms with Crippen LogP contribution in [-0.2, 0) is 14.3 Å². The summed E-state index contributed by atoms with van der Waals surface area (Å²) >= 11 is 0. The van der Waals surface area contributed by atoms with Gasteiger partial charge in [-0.05, 0) is 70.6 Å². The predicted molar refractivity (Wildman–Crippen MR) is 235 cm³/mol. The van der Waals surface area contributed by atoms with Crippen LogP contribution in [0.15, 0.2) is 60.8 Å². The molecule has 0 aromatic rings. The van der Waals surface area contributed by atoms with Gasteiger partial charge in [0.05, 0.1) is 25.4 Å². The third-order valence-electron chi connectivity index (χ3n) is 10.6. The van der Waals surface area contributed by atoms with E-state index in [1.165, 1.54) is 96.3 Å². The molecule has 0 saturated carbocycles. The zero-order valence-corrected chi connectivity index (χ0v) is 36.1. The van der Waals surface area contributed by atoms with Crippen LogP contribution in [0.1, 0.15) is 181 Å². The standard InChI is InChI=1S/C48H85NO8/c1-3-5-7-9-11-13-15-17-18-19-20-21-22-23-24-26-28-30-32-34-36-38-44(52)49-41(40-56-48-47(55)46(54)45(53)43(39-50)57-48)42(51)37-35-33-31-29-27-25-16-14-12-10-8-6-4-2/h15,17,19-20,22-23,27,29,35,37,41-43,45-48,50-51,53-55H,3-14,16,18,21,24-26,28,30-34,36,38-40H2,1-2H3,(H,49,52)/b17-15-,20-19-,23-22-,29-27+,37-35+. The molecule has 0 spiro atoms. The highest BCUT2D eigenvalue weighted by Crippen LogP contribution is 2.22. The van der Waals surface area contributed by atoms with Gasteiger partial charge in [-0.2, -0.15) is 0 Å². The zero-order chi connectivity index (χ0) is 41.6. The minimum absolute atomic E-state index is 0.203. The maximum atomic E-state index is 12.9. The number of aliphatic hydroxyl groups is 5. The molecule has 330 valence electrons. The van der Waals surface area contributed by atoms with Gasteiger partial charge >= 0.3 is 0 Å². The lowest BCUT2D eigenvalue weighted by Crippen LogP contribution is -2.60. The van der Waals surface area contributed by atoms with E-state index in [0.29, 0.717) is 6.42 Å². The zero-order valence-electron chi connectivity index (χ0n) is 36.1. The third kappa shape index (κ3) is 28.9. The molecular weight excluding hydrogens is 719 g/mol. The summed E-state index contributed by atoms with van der Waals surface area (Å²) in [6, 6.07) is -0.829. The Morgan fingerprint density at radius 1 is 0.596 bits per heavy atom. The van der Waals surface area contributed by atoms with Gasteiger partial charge in [0, 0.05) is 6.42 Å². The third-order valence-corrected chi connectivity index (χ3v) is 10.6. The van der Waals surface area contributed by atoms with Crippen molar-refractivity contribution in [3.8, 4) is 0 Å². The quantitative estimate of drug-likeness (QED) is 0.0269. The second-order valence-corrected chi connectivity index (χ2v) is 15.8. The number of allylic oxidation sites excluding steroid dienone is 9. The van der Waals surface area contributed by atoms with E-state index in [2.05, 4.69) is 67.8 Å². The maximum absolute atomic E-state index is 12.9. The Morgan fingerprint density at radius 3 is 1.60 bits per heavy atom. The molecule has 0 aliphatic carbocycles. The lowest BCUT2D eigenvalue weighted by atomic mass is 9.99. The number of carbonyl (C=O) groups excluding carboxylic acids is 1. The van der Waals surface area contributed by atoms with Crippen molar-refractivity contribution in [1.29, 1.82) is 0 Å². The molecule has 1 heterocycles. The molecule has 1 aliphatic heterocycles. The molecule has 1 aliphatic rings. The van der Waals surface area contributed by atoms with E-state index >= 15 is 0 Å². The lowest BCUT2D eigenvalue weighted by molar-refractivity contribution is -0.302.